The van der Waals surface area contributed by atoms with Gasteiger partial charge in [-0.2, -0.15) is 0 Å². The largest absolute Gasteiger partial charge is 0.497 e. The van der Waals surface area contributed by atoms with Gasteiger partial charge in [-0.3, -0.25) is 4.79 Å². The van der Waals surface area contributed by atoms with Crippen LogP contribution >= 0.6 is 11.6 Å². The summed E-state index contributed by atoms with van der Waals surface area (Å²) in [5.74, 6) is 0.469. The minimum absolute atomic E-state index is 0.0269. The molecule has 0 bridgehead atoms. The number of carbonyl (C=O) groups is 1. The number of amides is 1. The molecule has 0 aliphatic carbocycles. The van der Waals surface area contributed by atoms with Crippen molar-refractivity contribution in [1.29, 1.82) is 0 Å². The van der Waals surface area contributed by atoms with Crippen LogP contribution in [0.25, 0.3) is 0 Å². The second kappa shape index (κ2) is 7.65. The van der Waals surface area contributed by atoms with Gasteiger partial charge in [0, 0.05) is 30.2 Å². The first-order valence-electron chi connectivity index (χ1n) is 8.09. The average molecular weight is 395 g/mol. The maximum Gasteiger partial charge on any atom is 0.240 e. The number of carbonyl (C=O) groups excluding carboxylic acids is 1. The lowest BCUT2D eigenvalue weighted by Gasteiger charge is -2.17. The highest BCUT2D eigenvalue weighted by Crippen LogP contribution is 2.26. The molecule has 1 N–H and O–H groups in total. The van der Waals surface area contributed by atoms with E-state index in [1.807, 2.05) is 0 Å². The van der Waals surface area contributed by atoms with E-state index < -0.39 is 10.0 Å². The summed E-state index contributed by atoms with van der Waals surface area (Å²) >= 11 is 5.87. The summed E-state index contributed by atoms with van der Waals surface area (Å²) in [6.07, 6.45) is 0.299. The zero-order valence-corrected chi connectivity index (χ0v) is 15.8. The van der Waals surface area contributed by atoms with Crippen molar-refractivity contribution >= 4 is 33.2 Å². The molecule has 2 aromatic carbocycles. The van der Waals surface area contributed by atoms with Crippen LogP contribution < -0.4 is 14.4 Å². The number of hydrogen-bond acceptors (Lipinski definition) is 4. The van der Waals surface area contributed by atoms with Crippen molar-refractivity contribution in [2.45, 2.75) is 11.3 Å². The Balaban J connectivity index is 1.62. The first-order valence-corrected chi connectivity index (χ1v) is 9.95. The fraction of sp³-hybridized carbons (Fsp3) is 0.278. The maximum absolute atomic E-state index is 12.4. The van der Waals surface area contributed by atoms with Gasteiger partial charge in [0.05, 0.1) is 12.0 Å². The van der Waals surface area contributed by atoms with Crippen molar-refractivity contribution in [3.05, 3.63) is 53.6 Å². The number of methoxy groups -OCH3 is 1. The van der Waals surface area contributed by atoms with Crippen LogP contribution in [0, 0.1) is 5.92 Å². The maximum atomic E-state index is 12.4. The molecule has 6 nitrogen and oxygen atoms in total. The van der Waals surface area contributed by atoms with Gasteiger partial charge in [-0.05, 0) is 54.4 Å². The van der Waals surface area contributed by atoms with Gasteiger partial charge in [0.1, 0.15) is 5.75 Å². The third-order valence-corrected chi connectivity index (χ3v) is 5.97. The van der Waals surface area contributed by atoms with Crippen molar-refractivity contribution in [3.63, 3.8) is 0 Å². The quantitative estimate of drug-likeness (QED) is 0.817. The summed E-state index contributed by atoms with van der Waals surface area (Å²) in [4.78, 5) is 14.1. The Morgan fingerprint density at radius 3 is 2.42 bits per heavy atom. The van der Waals surface area contributed by atoms with Crippen LogP contribution in [0.5, 0.6) is 5.75 Å². The first kappa shape index (κ1) is 18.7. The van der Waals surface area contributed by atoms with Gasteiger partial charge in [0.2, 0.25) is 15.9 Å². The number of benzene rings is 2. The van der Waals surface area contributed by atoms with Crippen molar-refractivity contribution in [3.8, 4) is 5.75 Å². The topological polar surface area (TPSA) is 75.7 Å². The minimum atomic E-state index is -3.63. The predicted molar refractivity (Wildman–Crippen MR) is 100 cm³/mol. The monoisotopic (exact) mass is 394 g/mol. The lowest BCUT2D eigenvalue weighted by atomic mass is 10.1. The molecule has 1 saturated heterocycles. The molecule has 0 aromatic heterocycles. The molecule has 2 aromatic rings. The summed E-state index contributed by atoms with van der Waals surface area (Å²) in [5, 5.41) is 0.601. The molecule has 1 fully saturated rings. The Labute approximate surface area is 157 Å². The smallest absolute Gasteiger partial charge is 0.240 e. The number of ether oxygens (including phenoxy) is 1. The van der Waals surface area contributed by atoms with E-state index in [9.17, 15) is 13.2 Å². The third kappa shape index (κ3) is 4.17. The molecule has 1 unspecified atom stereocenters. The Hall–Kier alpha value is -2.09. The normalized spacial score (nSPS) is 17.5. The second-order valence-electron chi connectivity index (χ2n) is 6.08. The number of hydrogen-bond donors (Lipinski definition) is 1. The van der Waals surface area contributed by atoms with Gasteiger partial charge in [0.25, 0.3) is 0 Å². The Morgan fingerprint density at radius 1 is 1.15 bits per heavy atom. The highest BCUT2D eigenvalue weighted by molar-refractivity contribution is 7.89. The number of nitrogens with zero attached hydrogens (tertiary/aromatic N) is 1. The van der Waals surface area contributed by atoms with Gasteiger partial charge >= 0.3 is 0 Å². The Kier molecular flexibility index (Phi) is 5.50. The van der Waals surface area contributed by atoms with E-state index in [1.165, 1.54) is 19.2 Å². The standard InChI is InChI=1S/C18H19ClN2O4S/c1-25-16-6-8-17(9-7-16)26(23,24)20-11-13-10-18(22)21(12-13)15-4-2-14(19)3-5-15/h2-9,13,20H,10-12H2,1H3. The fourth-order valence-corrected chi connectivity index (χ4v) is 4.10. The van der Waals surface area contributed by atoms with Crippen LogP contribution in [-0.4, -0.2) is 34.5 Å². The fourth-order valence-electron chi connectivity index (χ4n) is 2.85. The van der Waals surface area contributed by atoms with Crippen molar-refractivity contribution in [2.75, 3.05) is 25.1 Å². The summed E-state index contributed by atoms with van der Waals surface area (Å²) in [5.41, 5.74) is 0.764. The zero-order valence-electron chi connectivity index (χ0n) is 14.2. The van der Waals surface area contributed by atoms with Crippen LogP contribution in [0.2, 0.25) is 5.02 Å². The summed E-state index contributed by atoms with van der Waals surface area (Å²) in [6.45, 7) is 0.662. The molecule has 138 valence electrons. The van der Waals surface area contributed by atoms with Crippen molar-refractivity contribution < 1.29 is 17.9 Å². The Morgan fingerprint density at radius 2 is 1.81 bits per heavy atom. The van der Waals surface area contributed by atoms with E-state index in [0.29, 0.717) is 23.7 Å². The average Bonchev–Trinajstić information content (AvgIpc) is 3.02. The van der Waals surface area contributed by atoms with Crippen molar-refractivity contribution in [2.24, 2.45) is 5.92 Å². The molecule has 3 rings (SSSR count). The third-order valence-electron chi connectivity index (χ3n) is 4.28. The molecule has 8 heteroatoms. The van der Waals surface area contributed by atoms with E-state index in [-0.39, 0.29) is 23.3 Å². The molecule has 0 radical (unpaired) electrons. The molecule has 1 aliphatic rings. The molecule has 0 spiro atoms. The van der Waals surface area contributed by atoms with E-state index >= 15 is 0 Å². The van der Waals surface area contributed by atoms with Gasteiger partial charge in [0.15, 0.2) is 0 Å². The van der Waals surface area contributed by atoms with Crippen LogP contribution in [0.4, 0.5) is 5.69 Å². The highest BCUT2D eigenvalue weighted by atomic mass is 35.5. The van der Waals surface area contributed by atoms with Crippen molar-refractivity contribution in [1.82, 2.24) is 4.72 Å². The van der Waals surface area contributed by atoms with Gasteiger partial charge in [-0.1, -0.05) is 11.6 Å². The van der Waals surface area contributed by atoms with Crippen LogP contribution in [0.1, 0.15) is 6.42 Å². The number of anilines is 1. The predicted octanol–water partition coefficient (Wildman–Crippen LogP) is 2.68. The lowest BCUT2D eigenvalue weighted by Crippen LogP contribution is -2.31. The van der Waals surface area contributed by atoms with Gasteiger partial charge in [-0.25, -0.2) is 13.1 Å². The summed E-state index contributed by atoms with van der Waals surface area (Å²) in [7, 11) is -2.11. The van der Waals surface area contributed by atoms with E-state index in [1.54, 1.807) is 41.3 Å². The molecule has 0 saturated carbocycles. The zero-order chi connectivity index (χ0) is 18.7. The number of rotatable bonds is 6. The molecule has 1 aliphatic heterocycles. The summed E-state index contributed by atoms with van der Waals surface area (Å²) in [6, 6.07) is 13.2. The number of nitrogens with one attached hydrogen (secondary N) is 1. The van der Waals surface area contributed by atoms with Gasteiger partial charge in [-0.15, -0.1) is 0 Å². The number of sulfonamides is 1. The number of halogens is 1. The van der Waals surface area contributed by atoms with Crippen LogP contribution in [0.3, 0.4) is 0 Å². The molecular weight excluding hydrogens is 376 g/mol. The molecule has 1 heterocycles. The molecular formula is C18H19ClN2O4S. The molecule has 1 atom stereocenters. The second-order valence-corrected chi connectivity index (χ2v) is 8.28. The van der Waals surface area contributed by atoms with E-state index in [2.05, 4.69) is 4.72 Å². The summed E-state index contributed by atoms with van der Waals surface area (Å²) < 4.78 is 32.4. The van der Waals surface area contributed by atoms with Gasteiger partial charge < -0.3 is 9.64 Å². The SMILES string of the molecule is COc1ccc(S(=O)(=O)NCC2CC(=O)N(c3ccc(Cl)cc3)C2)cc1. The highest BCUT2D eigenvalue weighted by Gasteiger charge is 2.31. The van der Waals surface area contributed by atoms with Crippen LogP contribution in [-0.2, 0) is 14.8 Å². The minimum Gasteiger partial charge on any atom is -0.497 e. The lowest BCUT2D eigenvalue weighted by molar-refractivity contribution is -0.117. The van der Waals surface area contributed by atoms with E-state index in [0.717, 1.165) is 5.69 Å². The Bertz CT molecular complexity index is 882. The van der Waals surface area contributed by atoms with E-state index in [4.69, 9.17) is 16.3 Å². The molecule has 26 heavy (non-hydrogen) atoms. The molecule has 1 amide bonds. The first-order chi connectivity index (χ1) is 12.4. The van der Waals surface area contributed by atoms with Crippen LogP contribution in [0.15, 0.2) is 53.4 Å².